The molecule has 2 unspecified atom stereocenters. The summed E-state index contributed by atoms with van der Waals surface area (Å²) in [6.07, 6.45) is 0. The van der Waals surface area contributed by atoms with Crippen LogP contribution >= 0.6 is 0 Å². The highest BCUT2D eigenvalue weighted by atomic mass is 16.5. The minimum Gasteiger partial charge on any atom is -0.481 e. The predicted molar refractivity (Wildman–Crippen MR) is 70.1 cm³/mol. The molecule has 0 spiro atoms. The summed E-state index contributed by atoms with van der Waals surface area (Å²) in [5.74, 6) is -0.953. The molecule has 0 bridgehead atoms. The Hall–Kier alpha value is -1.34. The van der Waals surface area contributed by atoms with Gasteiger partial charge in [-0.3, -0.25) is 4.79 Å². The van der Waals surface area contributed by atoms with Crippen LogP contribution in [0.25, 0.3) is 0 Å². The summed E-state index contributed by atoms with van der Waals surface area (Å²) in [4.78, 5) is 26.7. The Morgan fingerprint density at radius 2 is 2.00 bits per heavy atom. The Labute approximate surface area is 113 Å². The number of nitrogens with one attached hydrogen (secondary N) is 1. The van der Waals surface area contributed by atoms with Gasteiger partial charge >= 0.3 is 12.0 Å². The first-order valence-electron chi connectivity index (χ1n) is 6.25. The van der Waals surface area contributed by atoms with E-state index in [2.05, 4.69) is 5.32 Å². The van der Waals surface area contributed by atoms with Crippen molar-refractivity contribution in [3.8, 4) is 0 Å². The Morgan fingerprint density at radius 3 is 2.53 bits per heavy atom. The number of hydrogen-bond acceptors (Lipinski definition) is 4. The number of hydrogen-bond donors (Lipinski definition) is 2. The zero-order valence-electron chi connectivity index (χ0n) is 12.0. The average Bonchev–Trinajstić information content (AvgIpc) is 2.69. The van der Waals surface area contributed by atoms with Crippen LogP contribution in [0, 0.1) is 5.41 Å². The van der Waals surface area contributed by atoms with Crippen molar-refractivity contribution in [3.05, 3.63) is 0 Å². The maximum atomic E-state index is 12.0. The largest absolute Gasteiger partial charge is 0.481 e. The number of urea groups is 1. The Balaban J connectivity index is 2.54. The molecule has 0 aromatic heterocycles. The van der Waals surface area contributed by atoms with Gasteiger partial charge in [-0.05, 0) is 21.0 Å². The Morgan fingerprint density at radius 1 is 1.37 bits per heavy atom. The van der Waals surface area contributed by atoms with Crippen molar-refractivity contribution in [1.29, 1.82) is 0 Å². The highest BCUT2D eigenvalue weighted by molar-refractivity contribution is 5.79. The molecule has 1 heterocycles. The van der Waals surface area contributed by atoms with Gasteiger partial charge in [0.2, 0.25) is 0 Å². The van der Waals surface area contributed by atoms with Crippen LogP contribution in [-0.2, 0) is 9.53 Å². The fourth-order valence-corrected chi connectivity index (χ4v) is 1.80. The number of nitrogens with zero attached hydrogens (tertiary/aromatic N) is 2. The van der Waals surface area contributed by atoms with E-state index in [4.69, 9.17) is 4.74 Å². The summed E-state index contributed by atoms with van der Waals surface area (Å²) < 4.78 is 5.19. The molecular weight excluding hydrogens is 250 g/mol. The molecule has 0 aromatic carbocycles. The van der Waals surface area contributed by atoms with Crippen LogP contribution < -0.4 is 5.32 Å². The highest BCUT2D eigenvalue weighted by Crippen LogP contribution is 2.28. The van der Waals surface area contributed by atoms with Crippen molar-refractivity contribution in [2.75, 3.05) is 47.4 Å². The third-order valence-electron chi connectivity index (χ3n) is 3.47. The van der Waals surface area contributed by atoms with Crippen molar-refractivity contribution in [1.82, 2.24) is 15.1 Å². The lowest BCUT2D eigenvalue weighted by molar-refractivity contribution is -0.148. The monoisotopic (exact) mass is 273 g/mol. The standard InChI is InChI=1S/C12H23N3O4/c1-12(10(16)17)8-19-7-9(12)13-11(18)15(4)6-5-14(2)3/h9H,5-8H2,1-4H3,(H,13,18)(H,16,17). The van der Waals surface area contributed by atoms with E-state index >= 15 is 0 Å². The van der Waals surface area contributed by atoms with Gasteiger partial charge in [-0.15, -0.1) is 0 Å². The molecule has 0 aromatic rings. The van der Waals surface area contributed by atoms with Gasteiger partial charge in [-0.25, -0.2) is 4.79 Å². The molecule has 19 heavy (non-hydrogen) atoms. The van der Waals surface area contributed by atoms with Gasteiger partial charge in [0.15, 0.2) is 0 Å². The predicted octanol–water partition coefficient (Wildman–Crippen LogP) is -0.321. The van der Waals surface area contributed by atoms with E-state index in [9.17, 15) is 14.7 Å². The fourth-order valence-electron chi connectivity index (χ4n) is 1.80. The number of aliphatic carboxylic acids is 1. The quantitative estimate of drug-likeness (QED) is 0.717. The molecule has 1 saturated heterocycles. The highest BCUT2D eigenvalue weighted by Gasteiger charge is 2.47. The second-order valence-electron chi connectivity index (χ2n) is 5.46. The summed E-state index contributed by atoms with van der Waals surface area (Å²) in [6, 6.07) is -0.774. The first-order chi connectivity index (χ1) is 8.77. The molecule has 2 atom stereocenters. The number of amides is 2. The molecule has 1 rings (SSSR count). The summed E-state index contributed by atoms with van der Waals surface area (Å²) in [6.45, 7) is 3.27. The zero-order chi connectivity index (χ0) is 14.6. The number of likely N-dealkylation sites (N-methyl/N-ethyl adjacent to an activating group) is 2. The van der Waals surface area contributed by atoms with Crippen LogP contribution in [0.4, 0.5) is 4.79 Å². The lowest BCUT2D eigenvalue weighted by Gasteiger charge is -2.28. The van der Waals surface area contributed by atoms with E-state index in [1.165, 1.54) is 0 Å². The number of carboxylic acid groups (broad SMARTS) is 1. The van der Waals surface area contributed by atoms with E-state index in [1.807, 2.05) is 19.0 Å². The number of carboxylic acids is 1. The van der Waals surface area contributed by atoms with Crippen LogP contribution in [0.2, 0.25) is 0 Å². The second kappa shape index (κ2) is 6.21. The van der Waals surface area contributed by atoms with Crippen LogP contribution in [0.1, 0.15) is 6.92 Å². The van der Waals surface area contributed by atoms with Crippen molar-refractivity contribution < 1.29 is 19.4 Å². The maximum absolute atomic E-state index is 12.0. The average molecular weight is 273 g/mol. The normalized spacial score (nSPS) is 26.5. The molecule has 7 nitrogen and oxygen atoms in total. The summed E-state index contributed by atoms with van der Waals surface area (Å²) in [5.41, 5.74) is -1.06. The molecule has 2 amide bonds. The number of carbonyl (C=O) groups excluding carboxylic acids is 1. The van der Waals surface area contributed by atoms with Gasteiger partial charge < -0.3 is 25.0 Å². The van der Waals surface area contributed by atoms with E-state index in [0.29, 0.717) is 6.54 Å². The van der Waals surface area contributed by atoms with Crippen LogP contribution in [0.15, 0.2) is 0 Å². The maximum Gasteiger partial charge on any atom is 0.317 e. The first kappa shape index (κ1) is 15.7. The van der Waals surface area contributed by atoms with E-state index < -0.39 is 17.4 Å². The molecule has 0 radical (unpaired) electrons. The third-order valence-corrected chi connectivity index (χ3v) is 3.47. The first-order valence-corrected chi connectivity index (χ1v) is 6.25. The van der Waals surface area contributed by atoms with Crippen molar-refractivity contribution >= 4 is 12.0 Å². The van der Waals surface area contributed by atoms with Gasteiger partial charge in [-0.1, -0.05) is 0 Å². The van der Waals surface area contributed by atoms with Crippen molar-refractivity contribution in [2.24, 2.45) is 5.41 Å². The third kappa shape index (κ3) is 3.81. The summed E-state index contributed by atoms with van der Waals surface area (Å²) in [7, 11) is 5.54. The molecule has 2 N–H and O–H groups in total. The second-order valence-corrected chi connectivity index (χ2v) is 5.46. The number of carbonyl (C=O) groups is 2. The fraction of sp³-hybridized carbons (Fsp3) is 0.833. The zero-order valence-corrected chi connectivity index (χ0v) is 12.0. The summed E-state index contributed by atoms with van der Waals surface area (Å²) >= 11 is 0. The molecule has 110 valence electrons. The van der Waals surface area contributed by atoms with E-state index in [0.717, 1.165) is 6.54 Å². The molecule has 0 saturated carbocycles. The van der Waals surface area contributed by atoms with Crippen molar-refractivity contribution in [3.63, 3.8) is 0 Å². The SMILES string of the molecule is CN(C)CCN(C)C(=O)NC1COCC1(C)C(=O)O. The summed E-state index contributed by atoms with van der Waals surface area (Å²) in [5, 5.41) is 12.0. The van der Waals surface area contributed by atoms with E-state index in [-0.39, 0.29) is 19.2 Å². The van der Waals surface area contributed by atoms with Crippen LogP contribution in [0.3, 0.4) is 0 Å². The molecule has 1 aliphatic heterocycles. The number of ether oxygens (including phenoxy) is 1. The smallest absolute Gasteiger partial charge is 0.317 e. The molecule has 0 aliphatic carbocycles. The Bertz CT molecular complexity index is 348. The van der Waals surface area contributed by atoms with Gasteiger partial charge in [0.05, 0.1) is 19.3 Å². The van der Waals surface area contributed by atoms with Crippen molar-refractivity contribution in [2.45, 2.75) is 13.0 Å². The minimum atomic E-state index is -1.06. The van der Waals surface area contributed by atoms with Gasteiger partial charge in [-0.2, -0.15) is 0 Å². The molecular formula is C12H23N3O4. The van der Waals surface area contributed by atoms with Crippen LogP contribution in [-0.4, -0.2) is 80.4 Å². The molecule has 1 fully saturated rings. The minimum absolute atomic E-state index is 0.120. The lowest BCUT2D eigenvalue weighted by atomic mass is 9.85. The topological polar surface area (TPSA) is 82.1 Å². The lowest BCUT2D eigenvalue weighted by Crippen LogP contribution is -2.53. The Kier molecular flexibility index (Phi) is 5.13. The van der Waals surface area contributed by atoms with Gasteiger partial charge in [0.1, 0.15) is 5.41 Å². The van der Waals surface area contributed by atoms with Crippen LogP contribution in [0.5, 0.6) is 0 Å². The number of rotatable bonds is 5. The molecule has 7 heteroatoms. The van der Waals surface area contributed by atoms with E-state index in [1.54, 1.807) is 18.9 Å². The van der Waals surface area contributed by atoms with Gasteiger partial charge in [0, 0.05) is 20.1 Å². The molecule has 1 aliphatic rings. The van der Waals surface area contributed by atoms with Gasteiger partial charge in [0.25, 0.3) is 0 Å².